The number of carbonyl (C=O) groups is 1. The van der Waals surface area contributed by atoms with Crippen LogP contribution in [0.1, 0.15) is 74.3 Å². The Balaban J connectivity index is 2.34. The van der Waals surface area contributed by atoms with Crippen molar-refractivity contribution >= 4 is 5.91 Å². The van der Waals surface area contributed by atoms with Gasteiger partial charge in [-0.3, -0.25) is 19.1 Å². The first-order valence-corrected chi connectivity index (χ1v) is 9.08. The second-order valence-corrected chi connectivity index (χ2v) is 6.55. The Morgan fingerprint density at radius 3 is 2.20 bits per heavy atom. The van der Waals surface area contributed by atoms with E-state index in [4.69, 9.17) is 9.57 Å². The maximum Gasteiger partial charge on any atom is 0.301 e. The Bertz CT molecular complexity index is 619. The normalized spacial score (nSPS) is 17.1. The van der Waals surface area contributed by atoms with E-state index in [1.54, 1.807) is 10.9 Å². The van der Waals surface area contributed by atoms with Gasteiger partial charge < -0.3 is 4.74 Å². The summed E-state index contributed by atoms with van der Waals surface area (Å²) >= 11 is 0. The van der Waals surface area contributed by atoms with Crippen molar-refractivity contribution in [2.75, 3.05) is 21.3 Å². The van der Waals surface area contributed by atoms with E-state index in [9.17, 15) is 9.59 Å². The van der Waals surface area contributed by atoms with Crippen LogP contribution in [-0.2, 0) is 4.84 Å². The molecule has 1 aliphatic carbocycles. The molecule has 0 spiro atoms. The van der Waals surface area contributed by atoms with Gasteiger partial charge in [-0.15, -0.1) is 0 Å². The number of hydrogen-bond donors (Lipinski definition) is 0. The summed E-state index contributed by atoms with van der Waals surface area (Å²) in [6, 6.07) is 0.173. The number of aromatic nitrogens is 2. The Kier molecular flexibility index (Phi) is 7.43. The van der Waals surface area contributed by atoms with Crippen LogP contribution >= 0.6 is 0 Å². The van der Waals surface area contributed by atoms with Crippen molar-refractivity contribution in [3.8, 4) is 5.75 Å². The second kappa shape index (κ2) is 9.56. The van der Waals surface area contributed by atoms with Crippen LogP contribution in [0.15, 0.2) is 11.0 Å². The highest BCUT2D eigenvalue weighted by Crippen LogP contribution is 2.25. The van der Waals surface area contributed by atoms with Gasteiger partial charge in [-0.1, -0.05) is 44.9 Å². The molecule has 25 heavy (non-hydrogen) atoms. The SMILES string of the molecule is COc1cn(C2CCCCCCCCC2)nc(C(=O)N(C)OC)c1=O. The molecule has 7 heteroatoms. The van der Waals surface area contributed by atoms with Crippen molar-refractivity contribution < 1.29 is 14.4 Å². The van der Waals surface area contributed by atoms with Crippen molar-refractivity contribution in [3.05, 3.63) is 22.1 Å². The van der Waals surface area contributed by atoms with E-state index in [1.165, 1.54) is 53.4 Å². The maximum atomic E-state index is 12.4. The number of nitrogens with zero attached hydrogens (tertiary/aromatic N) is 3. The van der Waals surface area contributed by atoms with Gasteiger partial charge in [-0.05, 0) is 12.8 Å². The summed E-state index contributed by atoms with van der Waals surface area (Å²) in [6.45, 7) is 0. The van der Waals surface area contributed by atoms with Crippen LogP contribution in [0.25, 0.3) is 0 Å². The minimum atomic E-state index is -0.569. The zero-order valence-electron chi connectivity index (χ0n) is 15.5. The molecule has 1 amide bonds. The first-order valence-electron chi connectivity index (χ1n) is 9.08. The molecule has 0 radical (unpaired) electrons. The van der Waals surface area contributed by atoms with E-state index >= 15 is 0 Å². The average Bonchev–Trinajstić information content (AvgIpc) is 2.65. The van der Waals surface area contributed by atoms with Crippen LogP contribution in [0, 0.1) is 0 Å². The third-order valence-electron chi connectivity index (χ3n) is 4.84. The molecule has 1 saturated carbocycles. The van der Waals surface area contributed by atoms with Gasteiger partial charge in [0.1, 0.15) is 0 Å². The Morgan fingerprint density at radius 1 is 1.12 bits per heavy atom. The van der Waals surface area contributed by atoms with Crippen LogP contribution in [0.4, 0.5) is 0 Å². The molecule has 0 aromatic carbocycles. The molecule has 1 aliphatic rings. The molecule has 7 nitrogen and oxygen atoms in total. The summed E-state index contributed by atoms with van der Waals surface area (Å²) in [5, 5.41) is 5.35. The summed E-state index contributed by atoms with van der Waals surface area (Å²) in [4.78, 5) is 29.7. The fourth-order valence-corrected chi connectivity index (χ4v) is 3.24. The zero-order valence-corrected chi connectivity index (χ0v) is 15.5. The van der Waals surface area contributed by atoms with E-state index in [-0.39, 0.29) is 17.5 Å². The van der Waals surface area contributed by atoms with Gasteiger partial charge in [-0.25, -0.2) is 5.06 Å². The Hall–Kier alpha value is -1.89. The predicted molar refractivity (Wildman–Crippen MR) is 94.7 cm³/mol. The lowest BCUT2D eigenvalue weighted by atomic mass is 9.97. The van der Waals surface area contributed by atoms with Gasteiger partial charge in [0.05, 0.1) is 26.5 Å². The summed E-state index contributed by atoms with van der Waals surface area (Å²) < 4.78 is 6.94. The molecular weight excluding hydrogens is 322 g/mol. The van der Waals surface area contributed by atoms with Crippen molar-refractivity contribution in [2.24, 2.45) is 0 Å². The zero-order chi connectivity index (χ0) is 18.2. The highest BCUT2D eigenvalue weighted by molar-refractivity contribution is 5.91. The summed E-state index contributed by atoms with van der Waals surface area (Å²) in [5.74, 6) is -0.431. The topological polar surface area (TPSA) is 73.7 Å². The molecule has 1 aromatic heterocycles. The number of rotatable bonds is 4. The van der Waals surface area contributed by atoms with Gasteiger partial charge in [0, 0.05) is 7.05 Å². The molecule has 0 bridgehead atoms. The van der Waals surface area contributed by atoms with Crippen molar-refractivity contribution in [1.82, 2.24) is 14.8 Å². The van der Waals surface area contributed by atoms with Gasteiger partial charge >= 0.3 is 5.91 Å². The average molecular weight is 351 g/mol. The fraction of sp³-hybridized carbons (Fsp3) is 0.722. The van der Waals surface area contributed by atoms with Crippen molar-refractivity contribution in [3.63, 3.8) is 0 Å². The summed E-state index contributed by atoms with van der Waals surface area (Å²) in [5.41, 5.74) is -0.673. The summed E-state index contributed by atoms with van der Waals surface area (Å²) in [7, 11) is 4.26. The van der Waals surface area contributed by atoms with E-state index < -0.39 is 11.3 Å². The molecule has 0 unspecified atom stereocenters. The number of hydrogen-bond acceptors (Lipinski definition) is 5. The third-order valence-corrected chi connectivity index (χ3v) is 4.84. The molecule has 1 aromatic rings. The van der Waals surface area contributed by atoms with E-state index in [2.05, 4.69) is 5.10 Å². The molecule has 0 atom stereocenters. The highest BCUT2D eigenvalue weighted by atomic mass is 16.7. The van der Waals surface area contributed by atoms with Crippen LogP contribution in [-0.4, -0.2) is 42.0 Å². The molecule has 0 saturated heterocycles. The molecule has 2 rings (SSSR count). The highest BCUT2D eigenvalue weighted by Gasteiger charge is 2.23. The predicted octanol–water partition coefficient (Wildman–Crippen LogP) is 2.95. The molecule has 1 fully saturated rings. The van der Waals surface area contributed by atoms with Gasteiger partial charge in [0.2, 0.25) is 5.69 Å². The molecule has 1 heterocycles. The number of amides is 1. The summed E-state index contributed by atoms with van der Waals surface area (Å²) in [6.07, 6.45) is 12.2. The number of ether oxygens (including phenoxy) is 1. The van der Waals surface area contributed by atoms with Gasteiger partial charge in [0.15, 0.2) is 5.75 Å². The lowest BCUT2D eigenvalue weighted by Gasteiger charge is -2.22. The first kappa shape index (κ1) is 19.4. The molecule has 0 N–H and O–H groups in total. The number of carbonyl (C=O) groups excluding carboxylic acids is 1. The Morgan fingerprint density at radius 2 is 1.68 bits per heavy atom. The minimum absolute atomic E-state index is 0.139. The Labute approximate surface area is 148 Å². The minimum Gasteiger partial charge on any atom is -0.491 e. The smallest absolute Gasteiger partial charge is 0.301 e. The lowest BCUT2D eigenvalue weighted by molar-refractivity contribution is -0.0763. The molecular formula is C18H29N3O4. The first-order chi connectivity index (χ1) is 12.1. The fourth-order valence-electron chi connectivity index (χ4n) is 3.24. The van der Waals surface area contributed by atoms with Crippen LogP contribution in [0.5, 0.6) is 5.75 Å². The van der Waals surface area contributed by atoms with Crippen LogP contribution in [0.2, 0.25) is 0 Å². The van der Waals surface area contributed by atoms with E-state index in [0.29, 0.717) is 0 Å². The largest absolute Gasteiger partial charge is 0.491 e. The number of hydroxylamine groups is 2. The number of methoxy groups -OCH3 is 1. The lowest BCUT2D eigenvalue weighted by Crippen LogP contribution is -2.33. The van der Waals surface area contributed by atoms with E-state index in [1.807, 2.05) is 0 Å². The molecule has 140 valence electrons. The van der Waals surface area contributed by atoms with Crippen LogP contribution in [0.3, 0.4) is 0 Å². The third kappa shape index (κ3) is 5.04. The van der Waals surface area contributed by atoms with Crippen LogP contribution < -0.4 is 10.2 Å². The van der Waals surface area contributed by atoms with Crippen molar-refractivity contribution in [2.45, 2.75) is 63.8 Å². The van der Waals surface area contributed by atoms with Gasteiger partial charge in [0.25, 0.3) is 5.43 Å². The monoisotopic (exact) mass is 351 g/mol. The van der Waals surface area contributed by atoms with Crippen molar-refractivity contribution in [1.29, 1.82) is 0 Å². The van der Waals surface area contributed by atoms with E-state index in [0.717, 1.165) is 30.7 Å². The van der Waals surface area contributed by atoms with Gasteiger partial charge in [-0.2, -0.15) is 5.10 Å². The maximum absolute atomic E-state index is 12.4. The molecule has 0 aliphatic heterocycles. The standard InChI is InChI=1S/C18H29N3O4/c1-20(25-3)18(23)16-17(22)15(24-2)13-21(19-16)14-11-9-7-5-4-6-8-10-12-14/h13-14H,4-12H2,1-3H3. The quantitative estimate of drug-likeness (QED) is 0.780. The second-order valence-electron chi connectivity index (χ2n) is 6.55.